The highest BCUT2D eigenvalue weighted by molar-refractivity contribution is 7.89. The SMILES string of the molecule is CC(C)(C)CN(CC(C)(C)C)S(=O)(=O)c1cc(Cl)ccc1-c1ccc(Cl)cc1S(N)(=O)=O. The maximum atomic E-state index is 13.9. The molecule has 2 aromatic rings. The van der Waals surface area contributed by atoms with Crippen LogP contribution in [0, 0.1) is 10.8 Å². The molecule has 0 fully saturated rings. The Balaban J connectivity index is 2.84. The van der Waals surface area contributed by atoms with Crippen molar-refractivity contribution in [2.24, 2.45) is 16.0 Å². The minimum Gasteiger partial charge on any atom is -0.225 e. The fourth-order valence-electron chi connectivity index (χ4n) is 3.31. The van der Waals surface area contributed by atoms with Crippen molar-refractivity contribution in [1.29, 1.82) is 0 Å². The van der Waals surface area contributed by atoms with Gasteiger partial charge in [0, 0.05) is 34.3 Å². The topological polar surface area (TPSA) is 97.5 Å². The van der Waals surface area contributed by atoms with E-state index in [-0.39, 0.29) is 54.9 Å². The second-order valence-corrected chi connectivity index (χ2v) is 14.5. The van der Waals surface area contributed by atoms with Gasteiger partial charge in [0.25, 0.3) is 0 Å². The van der Waals surface area contributed by atoms with E-state index in [0.29, 0.717) is 0 Å². The Labute approximate surface area is 201 Å². The van der Waals surface area contributed by atoms with Crippen molar-refractivity contribution in [2.45, 2.75) is 51.3 Å². The van der Waals surface area contributed by atoms with E-state index < -0.39 is 20.0 Å². The average Bonchev–Trinajstić information content (AvgIpc) is 2.58. The summed E-state index contributed by atoms with van der Waals surface area (Å²) < 4.78 is 53.8. The van der Waals surface area contributed by atoms with Crippen LogP contribution in [0.4, 0.5) is 0 Å². The van der Waals surface area contributed by atoms with Gasteiger partial charge in [0.05, 0.1) is 9.79 Å². The van der Waals surface area contributed by atoms with Crippen LogP contribution in [0.2, 0.25) is 10.0 Å². The van der Waals surface area contributed by atoms with E-state index in [4.69, 9.17) is 28.3 Å². The third-order valence-electron chi connectivity index (χ3n) is 4.40. The Kier molecular flexibility index (Phi) is 7.82. The molecule has 0 spiro atoms. The summed E-state index contributed by atoms with van der Waals surface area (Å²) in [5, 5.41) is 5.78. The fourth-order valence-corrected chi connectivity index (χ4v) is 6.68. The number of benzene rings is 2. The summed E-state index contributed by atoms with van der Waals surface area (Å²) in [5.74, 6) is 0. The Morgan fingerprint density at radius 1 is 0.750 bits per heavy atom. The largest absolute Gasteiger partial charge is 0.243 e. The molecule has 0 aromatic heterocycles. The Morgan fingerprint density at radius 2 is 1.12 bits per heavy atom. The number of nitrogens with zero attached hydrogens (tertiary/aromatic N) is 1. The molecule has 2 aromatic carbocycles. The first kappa shape index (κ1) is 27.1. The van der Waals surface area contributed by atoms with Crippen molar-refractivity contribution in [1.82, 2.24) is 4.31 Å². The smallest absolute Gasteiger partial charge is 0.225 e. The van der Waals surface area contributed by atoms with Crippen molar-refractivity contribution >= 4 is 43.2 Å². The minimum atomic E-state index is -4.18. The summed E-state index contributed by atoms with van der Waals surface area (Å²) in [6.45, 7) is 12.3. The van der Waals surface area contributed by atoms with Gasteiger partial charge in [-0.3, -0.25) is 0 Å². The molecule has 0 aliphatic heterocycles. The summed E-state index contributed by atoms with van der Waals surface area (Å²) >= 11 is 12.2. The van der Waals surface area contributed by atoms with Crippen LogP contribution in [0.1, 0.15) is 41.5 Å². The first-order valence-electron chi connectivity index (χ1n) is 9.94. The number of primary sulfonamides is 1. The molecule has 6 nitrogen and oxygen atoms in total. The molecule has 0 unspecified atom stereocenters. The lowest BCUT2D eigenvalue weighted by molar-refractivity contribution is 0.222. The van der Waals surface area contributed by atoms with Crippen LogP contribution in [-0.2, 0) is 20.0 Å². The maximum Gasteiger partial charge on any atom is 0.243 e. The maximum absolute atomic E-state index is 13.9. The number of halogens is 2. The molecular weight excluding hydrogens is 491 g/mol. The van der Waals surface area contributed by atoms with Crippen LogP contribution < -0.4 is 5.14 Å². The van der Waals surface area contributed by atoms with E-state index >= 15 is 0 Å². The summed E-state index contributed by atoms with van der Waals surface area (Å²) in [6.07, 6.45) is 0. The predicted octanol–water partition coefficient (Wildman–Crippen LogP) is 5.39. The molecule has 0 saturated carbocycles. The molecule has 0 amide bonds. The van der Waals surface area contributed by atoms with Crippen molar-refractivity contribution in [3.05, 3.63) is 46.4 Å². The molecule has 0 aliphatic rings. The highest BCUT2D eigenvalue weighted by Gasteiger charge is 2.34. The normalized spacial score (nSPS) is 13.6. The van der Waals surface area contributed by atoms with E-state index in [1.807, 2.05) is 41.5 Å². The standard InChI is InChI=1S/C22H30Cl2N2O4S2/c1-21(2,3)13-26(14-22(4,5)6)32(29,30)20-12-16(24)8-10-18(20)17-9-7-15(23)11-19(17)31(25,27)28/h7-12H,13-14H2,1-6H3,(H2,25,27,28). The molecule has 0 atom stereocenters. The molecule has 0 bridgehead atoms. The van der Waals surface area contributed by atoms with Crippen LogP contribution in [0.5, 0.6) is 0 Å². The van der Waals surface area contributed by atoms with Gasteiger partial charge in [-0.1, -0.05) is 76.9 Å². The van der Waals surface area contributed by atoms with Crippen molar-refractivity contribution in [3.8, 4) is 11.1 Å². The van der Waals surface area contributed by atoms with E-state index in [9.17, 15) is 16.8 Å². The van der Waals surface area contributed by atoms with Crippen LogP contribution in [-0.4, -0.2) is 34.2 Å². The lowest BCUT2D eigenvalue weighted by atomic mass is 9.94. The third-order valence-corrected chi connectivity index (χ3v) is 7.66. The zero-order valence-corrected chi connectivity index (χ0v) is 22.3. The summed E-state index contributed by atoms with van der Waals surface area (Å²) in [4.78, 5) is -0.354. The minimum absolute atomic E-state index is 0.0919. The Hall–Kier alpha value is -1.16. The second kappa shape index (κ2) is 9.24. The Bertz CT molecular complexity index is 1200. The molecule has 0 heterocycles. The fraction of sp³-hybridized carbons (Fsp3) is 0.455. The molecule has 0 radical (unpaired) electrons. The van der Waals surface area contributed by atoms with Crippen molar-refractivity contribution in [2.75, 3.05) is 13.1 Å². The quantitative estimate of drug-likeness (QED) is 0.551. The molecule has 2 N–H and O–H groups in total. The van der Waals surface area contributed by atoms with Gasteiger partial charge >= 0.3 is 0 Å². The lowest BCUT2D eigenvalue weighted by Gasteiger charge is -2.34. The van der Waals surface area contributed by atoms with E-state index in [1.165, 1.54) is 40.7 Å². The van der Waals surface area contributed by atoms with Gasteiger partial charge in [0.15, 0.2) is 0 Å². The highest BCUT2D eigenvalue weighted by Crippen LogP contribution is 2.37. The Morgan fingerprint density at radius 3 is 1.50 bits per heavy atom. The van der Waals surface area contributed by atoms with Crippen LogP contribution in [0.15, 0.2) is 46.2 Å². The lowest BCUT2D eigenvalue weighted by Crippen LogP contribution is -2.42. The van der Waals surface area contributed by atoms with Gasteiger partial charge in [-0.25, -0.2) is 22.0 Å². The second-order valence-electron chi connectivity index (χ2n) is 10.2. The van der Waals surface area contributed by atoms with Gasteiger partial charge < -0.3 is 0 Å². The van der Waals surface area contributed by atoms with Gasteiger partial charge in [-0.05, 0) is 35.1 Å². The number of hydrogen-bond donors (Lipinski definition) is 1. The number of hydrogen-bond acceptors (Lipinski definition) is 4. The van der Waals surface area contributed by atoms with Gasteiger partial charge in [-0.15, -0.1) is 0 Å². The molecule has 178 valence electrons. The monoisotopic (exact) mass is 520 g/mol. The molecular formula is C22H30Cl2N2O4S2. The summed E-state index contributed by atoms with van der Waals surface area (Å²) in [5.41, 5.74) is -0.312. The predicted molar refractivity (Wildman–Crippen MR) is 131 cm³/mol. The zero-order chi connectivity index (χ0) is 24.7. The molecule has 2 rings (SSSR count). The third kappa shape index (κ3) is 6.92. The van der Waals surface area contributed by atoms with Crippen LogP contribution in [0.25, 0.3) is 11.1 Å². The summed E-state index contributed by atoms with van der Waals surface area (Å²) in [6, 6.07) is 8.47. The van der Waals surface area contributed by atoms with E-state index in [2.05, 4.69) is 0 Å². The highest BCUT2D eigenvalue weighted by atomic mass is 35.5. The number of sulfonamides is 2. The van der Waals surface area contributed by atoms with E-state index in [1.54, 1.807) is 0 Å². The number of nitrogens with two attached hydrogens (primary N) is 1. The van der Waals surface area contributed by atoms with Gasteiger partial charge in [0.2, 0.25) is 20.0 Å². The van der Waals surface area contributed by atoms with Gasteiger partial charge in [0.1, 0.15) is 0 Å². The molecule has 0 saturated heterocycles. The average molecular weight is 522 g/mol. The molecule has 32 heavy (non-hydrogen) atoms. The summed E-state index contributed by atoms with van der Waals surface area (Å²) in [7, 11) is -8.24. The van der Waals surface area contributed by atoms with Crippen LogP contribution >= 0.6 is 23.2 Å². The molecule has 10 heteroatoms. The first-order chi connectivity index (χ1) is 14.3. The first-order valence-corrected chi connectivity index (χ1v) is 13.7. The van der Waals surface area contributed by atoms with Crippen LogP contribution in [0.3, 0.4) is 0 Å². The van der Waals surface area contributed by atoms with E-state index in [0.717, 1.165) is 0 Å². The van der Waals surface area contributed by atoms with Crippen molar-refractivity contribution in [3.63, 3.8) is 0 Å². The molecule has 0 aliphatic carbocycles. The van der Waals surface area contributed by atoms with Crippen molar-refractivity contribution < 1.29 is 16.8 Å². The number of rotatable bonds is 6. The zero-order valence-electron chi connectivity index (χ0n) is 19.1. The van der Waals surface area contributed by atoms with Gasteiger partial charge in [-0.2, -0.15) is 4.31 Å².